The first kappa shape index (κ1) is 18.9. The maximum absolute atomic E-state index is 11.7. The number of amides is 1. The molecule has 3 rings (SSSR count). The number of hydrazone groups is 1. The molecule has 142 valence electrons. The van der Waals surface area contributed by atoms with Gasteiger partial charge in [-0.15, -0.1) is 0 Å². The third-order valence-electron chi connectivity index (χ3n) is 3.69. The molecule has 0 aliphatic heterocycles. The van der Waals surface area contributed by atoms with Crippen molar-refractivity contribution in [3.8, 4) is 17.1 Å². The highest BCUT2D eigenvalue weighted by Gasteiger charge is 2.09. The van der Waals surface area contributed by atoms with E-state index in [2.05, 4.69) is 10.5 Å². The number of ether oxygens (including phenoxy) is 2. The van der Waals surface area contributed by atoms with Crippen LogP contribution >= 0.6 is 0 Å². The zero-order valence-electron chi connectivity index (χ0n) is 15.1. The predicted octanol–water partition coefficient (Wildman–Crippen LogP) is 3.26. The average molecular weight is 378 g/mol. The number of benzene rings is 2. The summed E-state index contributed by atoms with van der Waals surface area (Å²) in [7, 11) is 1.33. The van der Waals surface area contributed by atoms with Crippen LogP contribution in [0.1, 0.15) is 16.1 Å². The van der Waals surface area contributed by atoms with E-state index in [1.54, 1.807) is 42.5 Å². The first-order valence-electron chi connectivity index (χ1n) is 8.44. The van der Waals surface area contributed by atoms with E-state index in [0.29, 0.717) is 22.8 Å². The van der Waals surface area contributed by atoms with E-state index in [-0.39, 0.29) is 6.61 Å². The molecule has 0 aliphatic carbocycles. The normalized spacial score (nSPS) is 10.6. The van der Waals surface area contributed by atoms with Gasteiger partial charge in [-0.2, -0.15) is 5.10 Å². The van der Waals surface area contributed by atoms with Gasteiger partial charge in [0.1, 0.15) is 17.3 Å². The Hall–Kier alpha value is -3.87. The van der Waals surface area contributed by atoms with Crippen LogP contribution in [-0.2, 0) is 9.53 Å². The summed E-state index contributed by atoms with van der Waals surface area (Å²) in [5.74, 6) is 0.800. The number of carbonyl (C=O) groups is 2. The SMILES string of the molecule is COC(=O)c1cccc(-c2ccc(/C=N\NC(=O)COc3ccccc3)o2)c1. The minimum Gasteiger partial charge on any atom is -0.484 e. The number of hydrogen-bond donors (Lipinski definition) is 1. The van der Waals surface area contributed by atoms with Crippen LogP contribution in [0.4, 0.5) is 0 Å². The first-order chi connectivity index (χ1) is 13.7. The Labute approximate surface area is 161 Å². The van der Waals surface area contributed by atoms with Crippen molar-refractivity contribution in [2.45, 2.75) is 0 Å². The topological polar surface area (TPSA) is 90.1 Å². The van der Waals surface area contributed by atoms with Gasteiger partial charge in [0.15, 0.2) is 6.61 Å². The molecule has 0 radical (unpaired) electrons. The van der Waals surface area contributed by atoms with Gasteiger partial charge in [0, 0.05) is 5.56 Å². The van der Waals surface area contributed by atoms with Crippen molar-refractivity contribution < 1.29 is 23.5 Å². The molecule has 1 N–H and O–H groups in total. The zero-order chi connectivity index (χ0) is 19.8. The fourth-order valence-corrected chi connectivity index (χ4v) is 2.36. The molecule has 0 atom stereocenters. The van der Waals surface area contributed by atoms with Gasteiger partial charge in [-0.3, -0.25) is 4.79 Å². The number of esters is 1. The quantitative estimate of drug-likeness (QED) is 0.387. The van der Waals surface area contributed by atoms with Crippen molar-refractivity contribution in [1.82, 2.24) is 5.43 Å². The Morgan fingerprint density at radius 2 is 1.89 bits per heavy atom. The second-order valence-electron chi connectivity index (χ2n) is 5.67. The number of carbonyl (C=O) groups excluding carboxylic acids is 2. The molecule has 0 saturated carbocycles. The molecule has 0 spiro atoms. The summed E-state index contributed by atoms with van der Waals surface area (Å²) in [4.78, 5) is 23.4. The summed E-state index contributed by atoms with van der Waals surface area (Å²) in [6.45, 7) is -0.148. The molecule has 0 aliphatic rings. The minimum atomic E-state index is -0.421. The second-order valence-corrected chi connectivity index (χ2v) is 5.67. The van der Waals surface area contributed by atoms with Crippen molar-refractivity contribution in [2.24, 2.45) is 5.10 Å². The third-order valence-corrected chi connectivity index (χ3v) is 3.69. The average Bonchev–Trinajstić information content (AvgIpc) is 3.21. The molecule has 1 heterocycles. The van der Waals surface area contributed by atoms with Gasteiger partial charge in [0.25, 0.3) is 5.91 Å². The lowest BCUT2D eigenvalue weighted by atomic mass is 10.1. The van der Waals surface area contributed by atoms with Crippen molar-refractivity contribution in [3.63, 3.8) is 0 Å². The zero-order valence-corrected chi connectivity index (χ0v) is 15.1. The third kappa shape index (κ3) is 5.07. The largest absolute Gasteiger partial charge is 0.484 e. The standard InChI is InChI=1S/C21H18N2O5/c1-26-21(25)16-7-5-6-15(12-16)19-11-10-18(28-19)13-22-23-20(24)14-27-17-8-3-2-4-9-17/h2-13H,14H2,1H3,(H,23,24)/b22-13-. The van der Waals surface area contributed by atoms with Gasteiger partial charge in [-0.05, 0) is 36.4 Å². The molecule has 28 heavy (non-hydrogen) atoms. The Morgan fingerprint density at radius 1 is 1.07 bits per heavy atom. The van der Waals surface area contributed by atoms with Crippen molar-refractivity contribution in [1.29, 1.82) is 0 Å². The van der Waals surface area contributed by atoms with Crippen LogP contribution in [0.2, 0.25) is 0 Å². The van der Waals surface area contributed by atoms with E-state index in [1.165, 1.54) is 13.3 Å². The lowest BCUT2D eigenvalue weighted by molar-refractivity contribution is -0.123. The molecule has 1 aromatic heterocycles. The molecule has 0 unspecified atom stereocenters. The lowest BCUT2D eigenvalue weighted by Crippen LogP contribution is -2.24. The Bertz CT molecular complexity index is 979. The Kier molecular flexibility index (Phi) is 6.20. The fourth-order valence-electron chi connectivity index (χ4n) is 2.36. The number of hydrogen-bond acceptors (Lipinski definition) is 6. The van der Waals surface area contributed by atoms with Gasteiger partial charge in [-0.25, -0.2) is 10.2 Å². The molecule has 0 fully saturated rings. The van der Waals surface area contributed by atoms with E-state index < -0.39 is 11.9 Å². The van der Waals surface area contributed by atoms with Crippen LogP contribution in [0.3, 0.4) is 0 Å². The molecule has 1 amide bonds. The molecule has 3 aromatic rings. The van der Waals surface area contributed by atoms with Gasteiger partial charge >= 0.3 is 5.97 Å². The minimum absolute atomic E-state index is 0.148. The summed E-state index contributed by atoms with van der Waals surface area (Å²) in [6.07, 6.45) is 1.38. The number of methoxy groups -OCH3 is 1. The summed E-state index contributed by atoms with van der Waals surface area (Å²) in [5, 5.41) is 3.85. The predicted molar refractivity (Wildman–Crippen MR) is 103 cm³/mol. The summed E-state index contributed by atoms with van der Waals surface area (Å²) in [6, 6.07) is 19.4. The van der Waals surface area contributed by atoms with Gasteiger partial charge in [0.05, 0.1) is 18.9 Å². The number of para-hydroxylation sites is 1. The molecular weight excluding hydrogens is 360 g/mol. The summed E-state index contributed by atoms with van der Waals surface area (Å²) < 4.78 is 15.7. The molecular formula is C21H18N2O5. The maximum atomic E-state index is 11.7. The molecule has 0 saturated heterocycles. The highest BCUT2D eigenvalue weighted by molar-refractivity contribution is 5.90. The molecule has 7 nitrogen and oxygen atoms in total. The maximum Gasteiger partial charge on any atom is 0.337 e. The van der Waals surface area contributed by atoms with Gasteiger partial charge in [-0.1, -0.05) is 30.3 Å². The van der Waals surface area contributed by atoms with Crippen LogP contribution < -0.4 is 10.2 Å². The van der Waals surface area contributed by atoms with E-state index in [1.807, 2.05) is 24.3 Å². The van der Waals surface area contributed by atoms with Crippen LogP contribution in [0.15, 0.2) is 76.2 Å². The van der Waals surface area contributed by atoms with E-state index >= 15 is 0 Å². The van der Waals surface area contributed by atoms with Gasteiger partial charge in [0.2, 0.25) is 0 Å². The number of furan rings is 1. The highest BCUT2D eigenvalue weighted by atomic mass is 16.5. The van der Waals surface area contributed by atoms with E-state index in [9.17, 15) is 9.59 Å². The monoisotopic (exact) mass is 378 g/mol. The van der Waals surface area contributed by atoms with Crippen LogP contribution in [-0.4, -0.2) is 31.8 Å². The molecule has 2 aromatic carbocycles. The second kappa shape index (κ2) is 9.18. The highest BCUT2D eigenvalue weighted by Crippen LogP contribution is 2.22. The van der Waals surface area contributed by atoms with Crippen molar-refractivity contribution in [3.05, 3.63) is 78.1 Å². The van der Waals surface area contributed by atoms with E-state index in [4.69, 9.17) is 13.9 Å². The van der Waals surface area contributed by atoms with E-state index in [0.717, 1.165) is 5.56 Å². The van der Waals surface area contributed by atoms with Crippen molar-refractivity contribution >= 4 is 18.1 Å². The number of rotatable bonds is 7. The molecule has 0 bridgehead atoms. The van der Waals surface area contributed by atoms with Crippen LogP contribution in [0.25, 0.3) is 11.3 Å². The smallest absolute Gasteiger partial charge is 0.337 e. The number of nitrogens with zero attached hydrogens (tertiary/aromatic N) is 1. The number of nitrogens with one attached hydrogen (secondary N) is 1. The lowest BCUT2D eigenvalue weighted by Gasteiger charge is -2.03. The molecule has 7 heteroatoms. The summed E-state index contributed by atoms with van der Waals surface area (Å²) in [5.41, 5.74) is 3.52. The summed E-state index contributed by atoms with van der Waals surface area (Å²) >= 11 is 0. The first-order valence-corrected chi connectivity index (χ1v) is 8.44. The Balaban J connectivity index is 1.55. The van der Waals surface area contributed by atoms with Crippen LogP contribution in [0.5, 0.6) is 5.75 Å². The van der Waals surface area contributed by atoms with Gasteiger partial charge < -0.3 is 13.9 Å². The Morgan fingerprint density at radius 3 is 2.68 bits per heavy atom. The van der Waals surface area contributed by atoms with Crippen LogP contribution in [0, 0.1) is 0 Å². The van der Waals surface area contributed by atoms with Crippen molar-refractivity contribution in [2.75, 3.05) is 13.7 Å². The fraction of sp³-hybridized carbons (Fsp3) is 0.0952.